The number of esters is 1. The normalized spacial score (nSPS) is 14.0. The summed E-state index contributed by atoms with van der Waals surface area (Å²) in [6, 6.07) is 14.3. The average molecular weight is 944 g/mol. The molecule has 4 rings (SSSR count). The average Bonchev–Trinajstić information content (AvgIpc) is 3.60. The first kappa shape index (κ1) is 54.1. The first-order valence-electron chi connectivity index (χ1n) is 22.5. The van der Waals surface area contributed by atoms with E-state index in [0.717, 1.165) is 27.2 Å². The summed E-state index contributed by atoms with van der Waals surface area (Å²) in [5, 5.41) is 5.50. The van der Waals surface area contributed by atoms with Crippen LogP contribution < -0.4 is 24.8 Å². The van der Waals surface area contributed by atoms with Crippen molar-refractivity contribution >= 4 is 23.9 Å². The fourth-order valence-corrected chi connectivity index (χ4v) is 8.24. The van der Waals surface area contributed by atoms with Crippen LogP contribution in [0.3, 0.4) is 0 Å². The summed E-state index contributed by atoms with van der Waals surface area (Å²) in [6.07, 6.45) is -6.02. The number of methoxy groups -OCH3 is 4. The van der Waals surface area contributed by atoms with Gasteiger partial charge in [-0.15, -0.1) is 0 Å². The number of alkyl carbamates (subject to hydrolysis) is 1. The fourth-order valence-electron chi connectivity index (χ4n) is 8.24. The third-order valence-electron chi connectivity index (χ3n) is 11.8. The van der Waals surface area contributed by atoms with Gasteiger partial charge in [-0.1, -0.05) is 83.1 Å². The Morgan fingerprint density at radius 2 is 1.36 bits per heavy atom. The van der Waals surface area contributed by atoms with E-state index in [2.05, 4.69) is 10.6 Å². The zero-order valence-electron chi connectivity index (χ0n) is 40.6. The molecule has 67 heavy (non-hydrogen) atoms. The van der Waals surface area contributed by atoms with E-state index in [9.17, 15) is 27.6 Å². The molecule has 370 valence electrons. The van der Waals surface area contributed by atoms with Crippen molar-refractivity contribution in [3.05, 3.63) is 77.4 Å². The van der Waals surface area contributed by atoms with Crippen LogP contribution in [0.4, 0.5) is 18.0 Å². The van der Waals surface area contributed by atoms with Gasteiger partial charge in [-0.3, -0.25) is 14.4 Å². The Kier molecular flexibility index (Phi) is 19.3. The van der Waals surface area contributed by atoms with Crippen LogP contribution in [0.15, 0.2) is 60.7 Å². The Labute approximate surface area is 392 Å². The number of nitrogens with one attached hydrogen (secondary N) is 2. The molecule has 0 fully saturated rings. The standard InChI is InChI=1S/C50H68F3N3O11/c1-12-65-43(57)23-17-18-24-66-32-26-40(61-8)37(41(27-32)62-9)29-56(42(28-50(51,52)53)49(7,63-10)64-11)46(59)39(25-31(2)3)54-45(58)44(48(4,5)6)55-47(60)67-30-38-35-21-15-13-19-33(35)34-20-14-16-22-36(34)38/h13-16,19-22,26-27,31,38-39,42,44H,12,17-18,23-25,28-30H2,1-11H3,(H,54,58)(H,55,60)/t39-,42?,44+/m0/s1. The molecule has 0 aromatic heterocycles. The molecule has 0 heterocycles. The lowest BCUT2D eigenvalue weighted by molar-refractivity contribution is -0.254. The minimum Gasteiger partial charge on any atom is -0.496 e. The first-order chi connectivity index (χ1) is 31.6. The minimum atomic E-state index is -4.83. The van der Waals surface area contributed by atoms with Gasteiger partial charge in [0.2, 0.25) is 11.8 Å². The maximum absolute atomic E-state index is 15.2. The third kappa shape index (κ3) is 14.5. The van der Waals surface area contributed by atoms with Gasteiger partial charge in [0.15, 0.2) is 5.79 Å². The molecule has 1 unspecified atom stereocenters. The number of halogens is 3. The molecule has 0 spiro atoms. The second-order valence-electron chi connectivity index (χ2n) is 18.1. The molecule has 0 radical (unpaired) electrons. The van der Waals surface area contributed by atoms with E-state index < -0.39 is 66.4 Å². The topological polar surface area (TPSA) is 160 Å². The van der Waals surface area contributed by atoms with E-state index in [1.54, 1.807) is 41.5 Å². The van der Waals surface area contributed by atoms with Crippen LogP contribution in [-0.4, -0.2) is 107 Å². The highest BCUT2D eigenvalue weighted by Crippen LogP contribution is 2.45. The smallest absolute Gasteiger partial charge is 0.407 e. The Balaban J connectivity index is 1.67. The van der Waals surface area contributed by atoms with Gasteiger partial charge in [-0.05, 0) is 66.7 Å². The maximum Gasteiger partial charge on any atom is 0.407 e. The number of fused-ring (bicyclic) bond motifs is 3. The molecule has 0 aliphatic heterocycles. The number of unbranched alkanes of at least 4 members (excludes halogenated alkanes) is 1. The predicted molar refractivity (Wildman–Crippen MR) is 246 cm³/mol. The Morgan fingerprint density at radius 1 is 0.791 bits per heavy atom. The summed E-state index contributed by atoms with van der Waals surface area (Å²) >= 11 is 0. The summed E-state index contributed by atoms with van der Waals surface area (Å²) < 4.78 is 83.4. The monoisotopic (exact) mass is 943 g/mol. The van der Waals surface area contributed by atoms with E-state index in [1.807, 2.05) is 48.5 Å². The number of benzene rings is 3. The maximum atomic E-state index is 15.2. The number of nitrogens with zero attached hydrogens (tertiary/aromatic N) is 1. The van der Waals surface area contributed by atoms with Crippen LogP contribution in [-0.2, 0) is 39.9 Å². The van der Waals surface area contributed by atoms with Crippen LogP contribution in [0, 0.1) is 11.3 Å². The SMILES string of the molecule is CCOC(=O)CCCCOc1cc(OC)c(CN(C(=O)[C@H](CC(C)C)NC(=O)[C@@H](NC(=O)OCC2c3ccccc3-c3ccccc32)C(C)(C)C)C(CC(F)(F)F)C(C)(OC)OC)c(OC)c1. The van der Waals surface area contributed by atoms with Crippen LogP contribution in [0.1, 0.15) is 103 Å². The lowest BCUT2D eigenvalue weighted by Gasteiger charge is -2.44. The zero-order valence-corrected chi connectivity index (χ0v) is 40.6. The first-order valence-corrected chi connectivity index (χ1v) is 22.5. The molecule has 17 heteroatoms. The number of hydrogen-bond acceptors (Lipinski definition) is 11. The molecule has 0 saturated carbocycles. The number of carbonyl (C=O) groups is 4. The minimum absolute atomic E-state index is 0.00445. The van der Waals surface area contributed by atoms with Gasteiger partial charge in [-0.25, -0.2) is 4.79 Å². The number of carbonyl (C=O) groups excluding carboxylic acids is 4. The van der Waals surface area contributed by atoms with E-state index in [1.165, 1.54) is 47.5 Å². The van der Waals surface area contributed by atoms with Gasteiger partial charge >= 0.3 is 18.2 Å². The van der Waals surface area contributed by atoms with Crippen LogP contribution in [0.2, 0.25) is 0 Å². The number of ether oxygens (including phenoxy) is 7. The Bertz CT molecular complexity index is 2070. The Hall–Kier alpha value is -5.55. The largest absolute Gasteiger partial charge is 0.496 e. The second-order valence-corrected chi connectivity index (χ2v) is 18.1. The third-order valence-corrected chi connectivity index (χ3v) is 11.8. The summed E-state index contributed by atoms with van der Waals surface area (Å²) in [5.41, 5.74) is 3.34. The van der Waals surface area contributed by atoms with Gasteiger partial charge in [0.05, 0.1) is 52.0 Å². The van der Waals surface area contributed by atoms with Crippen LogP contribution in [0.25, 0.3) is 11.1 Å². The highest BCUT2D eigenvalue weighted by molar-refractivity contribution is 5.92. The molecule has 1 aliphatic rings. The van der Waals surface area contributed by atoms with Gasteiger partial charge in [0.1, 0.15) is 35.9 Å². The highest BCUT2D eigenvalue weighted by atomic mass is 19.4. The lowest BCUT2D eigenvalue weighted by Crippen LogP contribution is -2.62. The van der Waals surface area contributed by atoms with E-state index in [0.29, 0.717) is 18.6 Å². The molecule has 14 nitrogen and oxygen atoms in total. The molecule has 1 aliphatic carbocycles. The molecule has 3 amide bonds. The van der Waals surface area contributed by atoms with Crippen molar-refractivity contribution in [2.75, 3.05) is 48.3 Å². The molecule has 0 bridgehead atoms. The molecule has 2 N–H and O–H groups in total. The fraction of sp³-hybridized carbons (Fsp3) is 0.560. The van der Waals surface area contributed by atoms with Crippen molar-refractivity contribution in [1.82, 2.24) is 15.5 Å². The second kappa shape index (κ2) is 23.9. The van der Waals surface area contributed by atoms with E-state index in [4.69, 9.17) is 33.2 Å². The van der Waals surface area contributed by atoms with Crippen LogP contribution in [0.5, 0.6) is 17.2 Å². The van der Waals surface area contributed by atoms with Crippen molar-refractivity contribution in [2.24, 2.45) is 11.3 Å². The Morgan fingerprint density at radius 3 is 1.85 bits per heavy atom. The van der Waals surface area contributed by atoms with Gasteiger partial charge in [0.25, 0.3) is 0 Å². The van der Waals surface area contributed by atoms with Gasteiger partial charge in [0, 0.05) is 38.7 Å². The summed E-state index contributed by atoms with van der Waals surface area (Å²) in [7, 11) is 5.05. The number of alkyl halides is 3. The molecule has 3 aromatic rings. The van der Waals surface area contributed by atoms with E-state index in [-0.39, 0.29) is 67.5 Å². The van der Waals surface area contributed by atoms with Crippen molar-refractivity contribution < 1.29 is 65.5 Å². The van der Waals surface area contributed by atoms with Crippen molar-refractivity contribution in [1.29, 1.82) is 0 Å². The van der Waals surface area contributed by atoms with Crippen LogP contribution >= 0.6 is 0 Å². The predicted octanol–water partition coefficient (Wildman–Crippen LogP) is 8.96. The quantitative estimate of drug-likeness (QED) is 0.0502. The summed E-state index contributed by atoms with van der Waals surface area (Å²) in [6.45, 7) is 11.8. The van der Waals surface area contributed by atoms with Crippen molar-refractivity contribution in [2.45, 2.75) is 123 Å². The molecule has 3 atom stereocenters. The van der Waals surface area contributed by atoms with E-state index >= 15 is 4.79 Å². The zero-order chi connectivity index (χ0) is 49.7. The summed E-state index contributed by atoms with van der Waals surface area (Å²) in [5.74, 6) is -3.92. The number of hydrogen-bond donors (Lipinski definition) is 2. The van der Waals surface area contributed by atoms with Crippen molar-refractivity contribution in [3.63, 3.8) is 0 Å². The van der Waals surface area contributed by atoms with Gasteiger partial charge < -0.3 is 48.7 Å². The molecular weight excluding hydrogens is 876 g/mol. The number of amides is 3. The van der Waals surface area contributed by atoms with Crippen molar-refractivity contribution in [3.8, 4) is 28.4 Å². The number of rotatable bonds is 24. The molecule has 3 aromatic carbocycles. The molecular formula is C50H68F3N3O11. The highest BCUT2D eigenvalue weighted by Gasteiger charge is 2.49. The van der Waals surface area contributed by atoms with Gasteiger partial charge in [-0.2, -0.15) is 13.2 Å². The molecule has 0 saturated heterocycles. The summed E-state index contributed by atoms with van der Waals surface area (Å²) in [4.78, 5) is 56.0. The lowest BCUT2D eigenvalue weighted by atomic mass is 9.85.